The third-order valence-electron chi connectivity index (χ3n) is 3.62. The van der Waals surface area contributed by atoms with Gasteiger partial charge in [-0.15, -0.1) is 0 Å². The van der Waals surface area contributed by atoms with Gasteiger partial charge in [0.2, 0.25) is 0 Å². The molecule has 0 spiro atoms. The van der Waals surface area contributed by atoms with Crippen molar-refractivity contribution >= 4 is 50.1 Å². The van der Waals surface area contributed by atoms with Crippen molar-refractivity contribution in [1.29, 1.82) is 0 Å². The molecule has 1 amide bonds. The fraction of sp³-hybridized carbons (Fsp3) is 0.429. The van der Waals surface area contributed by atoms with Crippen LogP contribution in [0.15, 0.2) is 27.8 Å². The molecule has 1 N–H and O–H groups in total. The molecular formula is C14H16BrIN2O2. The van der Waals surface area contributed by atoms with Crippen molar-refractivity contribution in [3.8, 4) is 0 Å². The summed E-state index contributed by atoms with van der Waals surface area (Å²) in [5, 5.41) is 12.4. The van der Waals surface area contributed by atoms with Crippen molar-refractivity contribution < 1.29 is 10.0 Å². The summed E-state index contributed by atoms with van der Waals surface area (Å²) in [5.41, 5.74) is 1.53. The first-order chi connectivity index (χ1) is 9.56. The van der Waals surface area contributed by atoms with Crippen LogP contribution in [0.1, 0.15) is 30.1 Å². The Kier molecular flexibility index (Phi) is 5.42. The molecule has 0 aliphatic carbocycles. The molecule has 0 bridgehead atoms. The summed E-state index contributed by atoms with van der Waals surface area (Å²) in [6.45, 7) is 3.28. The minimum Gasteiger partial charge on any atom is -0.411 e. The number of benzene rings is 1. The molecule has 0 saturated carbocycles. The monoisotopic (exact) mass is 450 g/mol. The van der Waals surface area contributed by atoms with Gasteiger partial charge in [0.15, 0.2) is 0 Å². The number of halogens is 2. The van der Waals surface area contributed by atoms with Crippen LogP contribution in [0.5, 0.6) is 0 Å². The van der Waals surface area contributed by atoms with E-state index in [9.17, 15) is 4.79 Å². The SMILES string of the molecule is CCC1CN(C(=O)c2cc(Br)ccc2I)CC/C1=N\O. The lowest BCUT2D eigenvalue weighted by atomic mass is 9.93. The summed E-state index contributed by atoms with van der Waals surface area (Å²) in [4.78, 5) is 14.5. The Balaban J connectivity index is 2.20. The van der Waals surface area contributed by atoms with E-state index in [1.807, 2.05) is 30.0 Å². The summed E-state index contributed by atoms with van der Waals surface area (Å²) in [6, 6.07) is 5.72. The van der Waals surface area contributed by atoms with Crippen LogP contribution < -0.4 is 0 Å². The van der Waals surface area contributed by atoms with E-state index in [1.54, 1.807) is 0 Å². The number of likely N-dealkylation sites (tertiary alicyclic amines) is 1. The summed E-state index contributed by atoms with van der Waals surface area (Å²) in [5.74, 6) is 0.202. The summed E-state index contributed by atoms with van der Waals surface area (Å²) in [6.07, 6.45) is 1.52. The number of nitrogens with zero attached hydrogens (tertiary/aromatic N) is 2. The highest BCUT2D eigenvalue weighted by Crippen LogP contribution is 2.23. The van der Waals surface area contributed by atoms with E-state index in [0.29, 0.717) is 19.5 Å². The van der Waals surface area contributed by atoms with Crippen molar-refractivity contribution in [2.75, 3.05) is 13.1 Å². The van der Waals surface area contributed by atoms with Crippen molar-refractivity contribution in [3.63, 3.8) is 0 Å². The molecule has 1 aromatic carbocycles. The standard InChI is InChI=1S/C14H16BrIN2O2/c1-2-9-8-18(6-5-13(9)17-20)14(19)11-7-10(15)3-4-12(11)16/h3-4,7,9,20H,2,5-6,8H2,1H3/b17-13+. The highest BCUT2D eigenvalue weighted by Gasteiger charge is 2.29. The molecule has 108 valence electrons. The van der Waals surface area contributed by atoms with Crippen LogP contribution >= 0.6 is 38.5 Å². The Morgan fingerprint density at radius 1 is 1.60 bits per heavy atom. The molecule has 6 heteroatoms. The minimum atomic E-state index is 0.0474. The molecular weight excluding hydrogens is 435 g/mol. The van der Waals surface area contributed by atoms with Crippen LogP contribution in [0.25, 0.3) is 0 Å². The summed E-state index contributed by atoms with van der Waals surface area (Å²) < 4.78 is 1.85. The number of carbonyl (C=O) groups is 1. The van der Waals surface area contributed by atoms with Gasteiger partial charge >= 0.3 is 0 Å². The van der Waals surface area contributed by atoms with Gasteiger partial charge in [0.25, 0.3) is 5.91 Å². The van der Waals surface area contributed by atoms with Gasteiger partial charge in [0.05, 0.1) is 11.3 Å². The van der Waals surface area contributed by atoms with Gasteiger partial charge in [-0.2, -0.15) is 0 Å². The maximum absolute atomic E-state index is 12.6. The van der Waals surface area contributed by atoms with E-state index in [2.05, 4.69) is 43.7 Å². The van der Waals surface area contributed by atoms with Gasteiger partial charge in [-0.1, -0.05) is 28.0 Å². The topological polar surface area (TPSA) is 52.9 Å². The second-order valence-electron chi connectivity index (χ2n) is 4.82. The minimum absolute atomic E-state index is 0.0474. The number of piperidine rings is 1. The Morgan fingerprint density at radius 3 is 3.00 bits per heavy atom. The van der Waals surface area contributed by atoms with Crippen molar-refractivity contribution in [3.05, 3.63) is 31.8 Å². The number of oxime groups is 1. The smallest absolute Gasteiger partial charge is 0.254 e. The number of amides is 1. The Bertz CT molecular complexity index is 548. The van der Waals surface area contributed by atoms with E-state index in [0.717, 1.165) is 25.7 Å². The maximum Gasteiger partial charge on any atom is 0.254 e. The highest BCUT2D eigenvalue weighted by molar-refractivity contribution is 14.1. The number of hydrogen-bond donors (Lipinski definition) is 1. The summed E-state index contributed by atoms with van der Waals surface area (Å²) in [7, 11) is 0. The van der Waals surface area contributed by atoms with Crippen molar-refractivity contribution in [2.45, 2.75) is 19.8 Å². The first-order valence-corrected chi connectivity index (χ1v) is 8.39. The molecule has 1 fully saturated rings. The molecule has 1 unspecified atom stereocenters. The first-order valence-electron chi connectivity index (χ1n) is 6.52. The first kappa shape index (κ1) is 15.8. The molecule has 2 rings (SSSR count). The van der Waals surface area contributed by atoms with Crippen LogP contribution in [-0.2, 0) is 0 Å². The fourth-order valence-corrected chi connectivity index (χ4v) is 3.36. The molecule has 1 atom stereocenters. The lowest BCUT2D eigenvalue weighted by Gasteiger charge is -2.33. The van der Waals surface area contributed by atoms with Crippen LogP contribution in [-0.4, -0.2) is 34.8 Å². The molecule has 1 saturated heterocycles. The van der Waals surface area contributed by atoms with Crippen molar-refractivity contribution in [2.24, 2.45) is 11.1 Å². The zero-order valence-corrected chi connectivity index (χ0v) is 14.9. The molecule has 1 aliphatic heterocycles. The van der Waals surface area contributed by atoms with Gasteiger partial charge < -0.3 is 10.1 Å². The average Bonchev–Trinajstić information content (AvgIpc) is 2.48. The van der Waals surface area contributed by atoms with Crippen LogP contribution in [0, 0.1) is 9.49 Å². The molecule has 0 aromatic heterocycles. The summed E-state index contributed by atoms with van der Waals surface area (Å²) >= 11 is 5.59. The average molecular weight is 451 g/mol. The molecule has 20 heavy (non-hydrogen) atoms. The molecule has 1 aromatic rings. The fourth-order valence-electron chi connectivity index (χ4n) is 2.43. The maximum atomic E-state index is 12.6. The molecule has 4 nitrogen and oxygen atoms in total. The normalized spacial score (nSPS) is 21.2. The van der Waals surface area contributed by atoms with Crippen LogP contribution in [0.3, 0.4) is 0 Å². The third-order valence-corrected chi connectivity index (χ3v) is 5.05. The highest BCUT2D eigenvalue weighted by atomic mass is 127. The lowest BCUT2D eigenvalue weighted by molar-refractivity contribution is 0.0728. The van der Waals surface area contributed by atoms with Gasteiger partial charge in [-0.05, 0) is 47.2 Å². The molecule has 1 aliphatic rings. The predicted molar refractivity (Wildman–Crippen MR) is 90.4 cm³/mol. The predicted octanol–water partition coefficient (Wildman–Crippen LogP) is 3.76. The quantitative estimate of drug-likeness (QED) is 0.423. The molecule has 0 radical (unpaired) electrons. The number of rotatable bonds is 2. The Hall–Kier alpha value is -0.630. The third kappa shape index (κ3) is 3.33. The van der Waals surface area contributed by atoms with Crippen LogP contribution in [0.4, 0.5) is 0 Å². The number of carbonyl (C=O) groups excluding carboxylic acids is 1. The Labute approximate surface area is 140 Å². The largest absolute Gasteiger partial charge is 0.411 e. The van der Waals surface area contributed by atoms with E-state index in [1.165, 1.54) is 0 Å². The van der Waals surface area contributed by atoms with Crippen LogP contribution in [0.2, 0.25) is 0 Å². The second-order valence-corrected chi connectivity index (χ2v) is 6.90. The number of hydrogen-bond acceptors (Lipinski definition) is 3. The van der Waals surface area contributed by atoms with Gasteiger partial charge in [0, 0.05) is 33.5 Å². The Morgan fingerprint density at radius 2 is 2.35 bits per heavy atom. The van der Waals surface area contributed by atoms with Gasteiger partial charge in [-0.3, -0.25) is 4.79 Å². The second kappa shape index (κ2) is 6.89. The van der Waals surface area contributed by atoms with E-state index < -0.39 is 0 Å². The zero-order valence-electron chi connectivity index (χ0n) is 11.1. The zero-order chi connectivity index (χ0) is 14.7. The molecule has 1 heterocycles. The van der Waals surface area contributed by atoms with E-state index >= 15 is 0 Å². The van der Waals surface area contributed by atoms with E-state index in [-0.39, 0.29) is 11.8 Å². The van der Waals surface area contributed by atoms with Gasteiger partial charge in [-0.25, -0.2) is 0 Å². The van der Waals surface area contributed by atoms with E-state index in [4.69, 9.17) is 5.21 Å². The lowest BCUT2D eigenvalue weighted by Crippen LogP contribution is -2.44. The van der Waals surface area contributed by atoms with Crippen molar-refractivity contribution in [1.82, 2.24) is 4.90 Å². The van der Waals surface area contributed by atoms with Gasteiger partial charge in [0.1, 0.15) is 0 Å².